The van der Waals surface area contributed by atoms with E-state index in [9.17, 15) is 4.79 Å². The van der Waals surface area contributed by atoms with Crippen molar-refractivity contribution in [1.82, 2.24) is 9.97 Å². The van der Waals surface area contributed by atoms with Gasteiger partial charge in [-0.1, -0.05) is 41.6 Å². The van der Waals surface area contributed by atoms with Crippen molar-refractivity contribution in [2.24, 2.45) is 0 Å². The molecule has 0 unspecified atom stereocenters. The van der Waals surface area contributed by atoms with Crippen LogP contribution < -0.4 is 10.9 Å². The van der Waals surface area contributed by atoms with E-state index < -0.39 is 0 Å². The number of rotatable bonds is 3. The minimum Gasteiger partial charge on any atom is -0.368 e. The van der Waals surface area contributed by atoms with Gasteiger partial charge in [-0.25, -0.2) is 4.98 Å². The molecule has 1 heterocycles. The van der Waals surface area contributed by atoms with Crippen LogP contribution in [0.3, 0.4) is 0 Å². The Labute approximate surface area is 115 Å². The monoisotopic (exact) mass is 273 g/mol. The third kappa shape index (κ3) is 3.87. The summed E-state index contributed by atoms with van der Waals surface area (Å²) in [5, 5.41) is 3.04. The normalized spacial score (nSPS) is 9.53. The minimum atomic E-state index is -0.352. The zero-order valence-corrected chi connectivity index (χ0v) is 10.9. The fourth-order valence-electron chi connectivity index (χ4n) is 1.44. The van der Waals surface area contributed by atoms with E-state index >= 15 is 0 Å². The molecule has 2 rings (SSSR count). The summed E-state index contributed by atoms with van der Waals surface area (Å²) in [5.74, 6) is 6.46. The molecule has 2 aromatic rings. The van der Waals surface area contributed by atoms with Crippen molar-refractivity contribution in [1.29, 1.82) is 0 Å². The largest absolute Gasteiger partial charge is 0.368 e. The molecule has 2 N–H and O–H groups in total. The second-order valence-corrected chi connectivity index (χ2v) is 4.12. The van der Waals surface area contributed by atoms with Crippen LogP contribution in [0.15, 0.2) is 41.5 Å². The zero-order chi connectivity index (χ0) is 13.5. The number of aromatic nitrogens is 2. The van der Waals surface area contributed by atoms with E-state index in [2.05, 4.69) is 27.1 Å². The number of benzene rings is 1. The average Bonchev–Trinajstić information content (AvgIpc) is 2.44. The van der Waals surface area contributed by atoms with E-state index in [1.165, 1.54) is 6.33 Å². The van der Waals surface area contributed by atoms with E-state index in [0.717, 1.165) is 5.56 Å². The summed E-state index contributed by atoms with van der Waals surface area (Å²) in [6.07, 6.45) is 1.95. The highest BCUT2D eigenvalue weighted by Crippen LogP contribution is 2.11. The van der Waals surface area contributed by atoms with Gasteiger partial charge >= 0.3 is 0 Å². The predicted octanol–water partition coefficient (Wildman–Crippen LogP) is 2.28. The maximum absolute atomic E-state index is 11.2. The fourth-order valence-corrected chi connectivity index (χ4v) is 1.61. The van der Waals surface area contributed by atoms with Gasteiger partial charge in [0, 0.05) is 18.5 Å². The number of nitrogens with zero attached hydrogens (tertiary/aromatic N) is 1. The number of nitrogens with one attached hydrogen (secondary N) is 2. The van der Waals surface area contributed by atoms with E-state index in [4.69, 9.17) is 11.6 Å². The lowest BCUT2D eigenvalue weighted by Crippen LogP contribution is -2.12. The molecule has 0 spiro atoms. The summed E-state index contributed by atoms with van der Waals surface area (Å²) < 4.78 is 0. The Hall–Kier alpha value is -2.25. The molecule has 0 aliphatic heterocycles. The fraction of sp³-hybridized carbons (Fsp3) is 0.143. The molecule has 96 valence electrons. The van der Waals surface area contributed by atoms with E-state index in [1.54, 1.807) is 0 Å². The van der Waals surface area contributed by atoms with Crippen LogP contribution in [0.5, 0.6) is 0 Å². The van der Waals surface area contributed by atoms with Crippen molar-refractivity contribution in [2.75, 3.05) is 11.9 Å². The maximum Gasteiger partial charge on any atom is 0.271 e. The van der Waals surface area contributed by atoms with E-state index in [1.807, 2.05) is 30.3 Å². The molecule has 19 heavy (non-hydrogen) atoms. The first-order valence-corrected chi connectivity index (χ1v) is 6.16. The summed E-state index contributed by atoms with van der Waals surface area (Å²) in [6.45, 7) is 0.579. The minimum absolute atomic E-state index is 0.0681. The third-order valence-electron chi connectivity index (χ3n) is 2.35. The Balaban J connectivity index is 1.86. The first kappa shape index (κ1) is 13.2. The number of hydrogen-bond donors (Lipinski definition) is 2. The Morgan fingerprint density at radius 2 is 2.11 bits per heavy atom. The molecule has 0 bridgehead atoms. The van der Waals surface area contributed by atoms with Crippen molar-refractivity contribution in [2.45, 2.75) is 6.42 Å². The molecule has 1 aromatic heterocycles. The van der Waals surface area contributed by atoms with Gasteiger partial charge in [-0.2, -0.15) is 0 Å². The molecule has 5 heteroatoms. The molecular weight excluding hydrogens is 262 g/mol. The standard InChI is InChI=1S/C14H12ClN3O/c15-12-13(17-10-18-14(12)19)16-9-5-4-8-11-6-2-1-3-7-11/h1-3,6-7,10H,5,9H2,(H2,16,17,18,19). The number of hydrogen-bond acceptors (Lipinski definition) is 3. The number of aromatic amines is 1. The molecule has 0 fully saturated rings. The van der Waals surface area contributed by atoms with Gasteiger partial charge in [0.2, 0.25) is 0 Å². The van der Waals surface area contributed by atoms with Crippen LogP contribution in [-0.4, -0.2) is 16.5 Å². The topological polar surface area (TPSA) is 57.8 Å². The highest BCUT2D eigenvalue weighted by atomic mass is 35.5. The van der Waals surface area contributed by atoms with Crippen molar-refractivity contribution < 1.29 is 0 Å². The molecular formula is C14H12ClN3O. The zero-order valence-electron chi connectivity index (χ0n) is 10.1. The van der Waals surface area contributed by atoms with Crippen molar-refractivity contribution >= 4 is 17.4 Å². The maximum atomic E-state index is 11.2. The summed E-state index contributed by atoms with van der Waals surface area (Å²) in [6, 6.07) is 9.75. The molecule has 1 aromatic carbocycles. The Kier molecular flexibility index (Phi) is 4.60. The molecule has 0 radical (unpaired) electrons. The summed E-state index contributed by atoms with van der Waals surface area (Å²) >= 11 is 5.80. The lowest BCUT2D eigenvalue weighted by Gasteiger charge is -2.03. The second kappa shape index (κ2) is 6.62. The predicted molar refractivity (Wildman–Crippen MR) is 76.3 cm³/mol. The molecule has 0 saturated carbocycles. The van der Waals surface area contributed by atoms with Crippen LogP contribution in [0.2, 0.25) is 5.02 Å². The third-order valence-corrected chi connectivity index (χ3v) is 2.70. The van der Waals surface area contributed by atoms with Gasteiger partial charge in [0.15, 0.2) is 5.82 Å². The highest BCUT2D eigenvalue weighted by Gasteiger charge is 2.03. The SMILES string of the molecule is O=c1[nH]cnc(NCCC#Cc2ccccc2)c1Cl. The summed E-state index contributed by atoms with van der Waals surface area (Å²) in [4.78, 5) is 17.6. The molecule has 4 nitrogen and oxygen atoms in total. The van der Waals surface area contributed by atoms with Crippen LogP contribution in [0.4, 0.5) is 5.82 Å². The first-order valence-electron chi connectivity index (χ1n) is 5.78. The quantitative estimate of drug-likeness (QED) is 0.666. The van der Waals surface area contributed by atoms with E-state index in [0.29, 0.717) is 18.8 Å². The molecule has 0 aliphatic carbocycles. The van der Waals surface area contributed by atoms with Gasteiger partial charge in [0.25, 0.3) is 5.56 Å². The Morgan fingerprint density at radius 3 is 2.89 bits per heavy atom. The van der Waals surface area contributed by atoms with Crippen LogP contribution in [0.1, 0.15) is 12.0 Å². The summed E-state index contributed by atoms with van der Waals surface area (Å²) in [5.41, 5.74) is 0.629. The Morgan fingerprint density at radius 1 is 1.32 bits per heavy atom. The van der Waals surface area contributed by atoms with Gasteiger partial charge in [-0.15, -0.1) is 0 Å². The smallest absolute Gasteiger partial charge is 0.271 e. The van der Waals surface area contributed by atoms with Crippen LogP contribution in [-0.2, 0) is 0 Å². The van der Waals surface area contributed by atoms with Gasteiger partial charge < -0.3 is 10.3 Å². The van der Waals surface area contributed by atoms with E-state index in [-0.39, 0.29) is 10.6 Å². The second-order valence-electron chi connectivity index (χ2n) is 3.74. The van der Waals surface area contributed by atoms with Crippen molar-refractivity contribution in [3.8, 4) is 11.8 Å². The number of H-pyrrole nitrogens is 1. The van der Waals surface area contributed by atoms with Gasteiger partial charge in [-0.05, 0) is 12.1 Å². The molecule has 0 atom stereocenters. The van der Waals surface area contributed by atoms with Crippen LogP contribution in [0.25, 0.3) is 0 Å². The van der Waals surface area contributed by atoms with Crippen LogP contribution in [0, 0.1) is 11.8 Å². The molecule has 0 saturated heterocycles. The van der Waals surface area contributed by atoms with Gasteiger partial charge in [0.1, 0.15) is 5.02 Å². The van der Waals surface area contributed by atoms with Crippen LogP contribution >= 0.6 is 11.6 Å². The Bertz CT molecular complexity index is 656. The lowest BCUT2D eigenvalue weighted by molar-refractivity contribution is 1.04. The van der Waals surface area contributed by atoms with Gasteiger partial charge in [0.05, 0.1) is 6.33 Å². The molecule has 0 aliphatic rings. The summed E-state index contributed by atoms with van der Waals surface area (Å²) in [7, 11) is 0. The number of anilines is 1. The number of halogens is 1. The van der Waals surface area contributed by atoms with Crippen molar-refractivity contribution in [3.05, 3.63) is 57.6 Å². The van der Waals surface area contributed by atoms with Gasteiger partial charge in [-0.3, -0.25) is 4.79 Å². The average molecular weight is 274 g/mol. The highest BCUT2D eigenvalue weighted by molar-refractivity contribution is 6.32. The first-order chi connectivity index (χ1) is 9.27. The lowest BCUT2D eigenvalue weighted by atomic mass is 10.2. The van der Waals surface area contributed by atoms with Crippen molar-refractivity contribution in [3.63, 3.8) is 0 Å². The molecule has 0 amide bonds.